The molecule has 20 heavy (non-hydrogen) atoms. The van der Waals surface area contributed by atoms with Crippen molar-refractivity contribution in [2.75, 3.05) is 6.54 Å². The average Bonchev–Trinajstić information content (AvgIpc) is 2.85. The van der Waals surface area contributed by atoms with Gasteiger partial charge in [-0.2, -0.15) is 5.10 Å². The number of carbonyl (C=O) groups excluding carboxylic acids is 1. The molecule has 0 spiro atoms. The fourth-order valence-electron chi connectivity index (χ4n) is 1.90. The standard InChI is InChI=1S/C14H18N4OS/c1-2-9-15-12(19)8-10-18-13(16-17-14(18)20)11-6-4-3-5-7-11/h3-7H,2,8-10H2,1H3,(H,15,19)(H,17,20). The molecular weight excluding hydrogens is 272 g/mol. The fraction of sp³-hybridized carbons (Fsp3) is 0.357. The van der Waals surface area contributed by atoms with Gasteiger partial charge in [-0.1, -0.05) is 37.3 Å². The molecule has 1 aromatic heterocycles. The van der Waals surface area contributed by atoms with Crippen LogP contribution in [0.2, 0.25) is 0 Å². The molecule has 0 aliphatic carbocycles. The predicted molar refractivity (Wildman–Crippen MR) is 80.8 cm³/mol. The van der Waals surface area contributed by atoms with Gasteiger partial charge in [0, 0.05) is 25.1 Å². The van der Waals surface area contributed by atoms with E-state index in [2.05, 4.69) is 15.5 Å². The van der Waals surface area contributed by atoms with E-state index >= 15 is 0 Å². The van der Waals surface area contributed by atoms with Gasteiger partial charge in [-0.15, -0.1) is 0 Å². The highest BCUT2D eigenvalue weighted by Crippen LogP contribution is 2.16. The lowest BCUT2D eigenvalue weighted by atomic mass is 10.2. The number of nitrogens with one attached hydrogen (secondary N) is 2. The summed E-state index contributed by atoms with van der Waals surface area (Å²) in [6, 6.07) is 9.79. The second kappa shape index (κ2) is 7.00. The van der Waals surface area contributed by atoms with Crippen LogP contribution in [-0.4, -0.2) is 27.2 Å². The van der Waals surface area contributed by atoms with Crippen molar-refractivity contribution in [1.82, 2.24) is 20.1 Å². The molecule has 0 radical (unpaired) electrons. The maximum absolute atomic E-state index is 11.7. The molecule has 0 bridgehead atoms. The summed E-state index contributed by atoms with van der Waals surface area (Å²) in [7, 11) is 0. The Kier molecular flexibility index (Phi) is 5.06. The van der Waals surface area contributed by atoms with Crippen LogP contribution in [0.4, 0.5) is 0 Å². The molecule has 0 fully saturated rings. The van der Waals surface area contributed by atoms with E-state index in [0.717, 1.165) is 17.8 Å². The third-order valence-corrected chi connectivity index (χ3v) is 3.24. The van der Waals surface area contributed by atoms with Crippen molar-refractivity contribution in [1.29, 1.82) is 0 Å². The molecule has 1 amide bonds. The number of carbonyl (C=O) groups is 1. The predicted octanol–water partition coefficient (Wildman–Crippen LogP) is 2.52. The zero-order chi connectivity index (χ0) is 14.4. The lowest BCUT2D eigenvalue weighted by molar-refractivity contribution is -0.121. The summed E-state index contributed by atoms with van der Waals surface area (Å²) in [5.41, 5.74) is 0.980. The maximum Gasteiger partial charge on any atom is 0.221 e. The van der Waals surface area contributed by atoms with E-state index in [-0.39, 0.29) is 5.91 Å². The van der Waals surface area contributed by atoms with Crippen LogP contribution < -0.4 is 5.32 Å². The molecule has 5 nitrogen and oxygen atoms in total. The van der Waals surface area contributed by atoms with Gasteiger partial charge in [0.05, 0.1) is 0 Å². The summed E-state index contributed by atoms with van der Waals surface area (Å²) < 4.78 is 2.39. The highest BCUT2D eigenvalue weighted by molar-refractivity contribution is 7.71. The van der Waals surface area contributed by atoms with E-state index in [1.807, 2.05) is 41.8 Å². The second-order valence-electron chi connectivity index (χ2n) is 4.47. The molecule has 2 N–H and O–H groups in total. The summed E-state index contributed by atoms with van der Waals surface area (Å²) in [6.07, 6.45) is 1.33. The van der Waals surface area contributed by atoms with Crippen LogP contribution in [0.5, 0.6) is 0 Å². The Morgan fingerprint density at radius 1 is 1.40 bits per heavy atom. The summed E-state index contributed by atoms with van der Waals surface area (Å²) in [6.45, 7) is 3.26. The number of H-pyrrole nitrogens is 1. The van der Waals surface area contributed by atoms with Crippen LogP contribution in [0, 0.1) is 4.77 Å². The van der Waals surface area contributed by atoms with Gasteiger partial charge in [-0.05, 0) is 18.6 Å². The molecule has 0 atom stereocenters. The Balaban J connectivity index is 2.11. The molecule has 0 saturated carbocycles. The Hall–Kier alpha value is -1.95. The van der Waals surface area contributed by atoms with Crippen LogP contribution in [0.15, 0.2) is 30.3 Å². The highest BCUT2D eigenvalue weighted by Gasteiger charge is 2.09. The van der Waals surface area contributed by atoms with Crippen molar-refractivity contribution in [3.63, 3.8) is 0 Å². The molecule has 1 aromatic carbocycles. The Morgan fingerprint density at radius 3 is 2.85 bits per heavy atom. The average molecular weight is 290 g/mol. The van der Waals surface area contributed by atoms with Crippen LogP contribution in [-0.2, 0) is 11.3 Å². The van der Waals surface area contributed by atoms with Crippen molar-refractivity contribution >= 4 is 18.1 Å². The van der Waals surface area contributed by atoms with E-state index in [4.69, 9.17) is 12.2 Å². The third kappa shape index (κ3) is 3.54. The third-order valence-electron chi connectivity index (χ3n) is 2.92. The van der Waals surface area contributed by atoms with Crippen LogP contribution >= 0.6 is 12.2 Å². The van der Waals surface area contributed by atoms with Gasteiger partial charge in [0.15, 0.2) is 10.6 Å². The lowest BCUT2D eigenvalue weighted by Gasteiger charge is -2.07. The molecule has 6 heteroatoms. The van der Waals surface area contributed by atoms with Crippen LogP contribution in [0.25, 0.3) is 11.4 Å². The van der Waals surface area contributed by atoms with Gasteiger partial charge in [0.2, 0.25) is 5.91 Å². The van der Waals surface area contributed by atoms with E-state index in [9.17, 15) is 4.79 Å². The molecule has 2 rings (SSSR count). The zero-order valence-electron chi connectivity index (χ0n) is 11.4. The Bertz CT molecular complexity index is 618. The zero-order valence-corrected chi connectivity index (χ0v) is 12.2. The van der Waals surface area contributed by atoms with Crippen molar-refractivity contribution in [2.24, 2.45) is 0 Å². The Morgan fingerprint density at radius 2 is 2.15 bits per heavy atom. The first kappa shape index (κ1) is 14.5. The summed E-state index contributed by atoms with van der Waals surface area (Å²) in [4.78, 5) is 11.7. The lowest BCUT2D eigenvalue weighted by Crippen LogP contribution is -2.25. The van der Waals surface area contributed by atoms with Crippen LogP contribution in [0.3, 0.4) is 0 Å². The van der Waals surface area contributed by atoms with Gasteiger partial charge >= 0.3 is 0 Å². The molecule has 1 heterocycles. The van der Waals surface area contributed by atoms with Crippen molar-refractivity contribution in [3.8, 4) is 11.4 Å². The van der Waals surface area contributed by atoms with Gasteiger partial charge < -0.3 is 5.32 Å². The van der Waals surface area contributed by atoms with Crippen LogP contribution in [0.1, 0.15) is 19.8 Å². The number of aromatic nitrogens is 3. The Labute approximate surface area is 123 Å². The van der Waals surface area contributed by atoms with Crippen molar-refractivity contribution < 1.29 is 4.79 Å². The topological polar surface area (TPSA) is 62.7 Å². The maximum atomic E-state index is 11.7. The number of amides is 1. The number of benzene rings is 1. The SMILES string of the molecule is CCCNC(=O)CCn1c(-c2ccccc2)n[nH]c1=S. The van der Waals surface area contributed by atoms with Gasteiger partial charge in [-0.25, -0.2) is 0 Å². The van der Waals surface area contributed by atoms with E-state index < -0.39 is 0 Å². The monoisotopic (exact) mass is 290 g/mol. The number of hydrogen-bond donors (Lipinski definition) is 2. The fourth-order valence-corrected chi connectivity index (χ4v) is 2.12. The summed E-state index contributed by atoms with van der Waals surface area (Å²) >= 11 is 5.23. The van der Waals surface area contributed by atoms with E-state index in [0.29, 0.717) is 24.3 Å². The van der Waals surface area contributed by atoms with Crippen molar-refractivity contribution in [2.45, 2.75) is 26.3 Å². The minimum atomic E-state index is 0.0361. The molecular formula is C14H18N4OS. The number of rotatable bonds is 6. The minimum absolute atomic E-state index is 0.0361. The summed E-state index contributed by atoms with van der Waals surface area (Å²) in [5.74, 6) is 0.799. The van der Waals surface area contributed by atoms with Gasteiger partial charge in [-0.3, -0.25) is 14.5 Å². The first-order valence-electron chi connectivity index (χ1n) is 6.69. The molecule has 0 aliphatic heterocycles. The number of nitrogens with zero attached hydrogens (tertiary/aromatic N) is 2. The smallest absolute Gasteiger partial charge is 0.221 e. The largest absolute Gasteiger partial charge is 0.356 e. The normalized spacial score (nSPS) is 10.4. The van der Waals surface area contributed by atoms with E-state index in [1.54, 1.807) is 0 Å². The van der Waals surface area contributed by atoms with Crippen molar-refractivity contribution in [3.05, 3.63) is 35.1 Å². The summed E-state index contributed by atoms with van der Waals surface area (Å²) in [5, 5.41) is 9.88. The minimum Gasteiger partial charge on any atom is -0.356 e. The number of hydrogen-bond acceptors (Lipinski definition) is 3. The number of aromatic amines is 1. The molecule has 106 valence electrons. The quantitative estimate of drug-likeness (QED) is 0.804. The van der Waals surface area contributed by atoms with Gasteiger partial charge in [0.25, 0.3) is 0 Å². The first-order chi connectivity index (χ1) is 9.72. The molecule has 0 unspecified atom stereocenters. The second-order valence-corrected chi connectivity index (χ2v) is 4.86. The van der Waals surface area contributed by atoms with Gasteiger partial charge in [0.1, 0.15) is 0 Å². The molecule has 0 saturated heterocycles. The highest BCUT2D eigenvalue weighted by atomic mass is 32.1. The van der Waals surface area contributed by atoms with E-state index in [1.165, 1.54) is 0 Å². The molecule has 2 aromatic rings. The molecule has 0 aliphatic rings. The first-order valence-corrected chi connectivity index (χ1v) is 7.10.